The summed E-state index contributed by atoms with van der Waals surface area (Å²) >= 11 is 0. The summed E-state index contributed by atoms with van der Waals surface area (Å²) in [4.78, 5) is 11.9. The number of aromatic nitrogens is 1. The summed E-state index contributed by atoms with van der Waals surface area (Å²) in [6, 6.07) is 8.93. The van der Waals surface area contributed by atoms with E-state index < -0.39 is 12.9 Å². The molecular formula is C14H17BN2O3. The maximum atomic E-state index is 11.9. The third kappa shape index (κ3) is 2.70. The Bertz CT molecular complexity index is 605. The fraction of sp³-hybridized carbons (Fsp3) is 0.214. The highest BCUT2D eigenvalue weighted by Crippen LogP contribution is 2.19. The monoisotopic (exact) mass is 272 g/mol. The first-order chi connectivity index (χ1) is 9.54. The summed E-state index contributed by atoms with van der Waals surface area (Å²) in [5, 5.41) is 9.50. The number of carbonyl (C=O) groups excluding carboxylic acids is 1. The third-order valence-electron chi connectivity index (χ3n) is 3.04. The molecular weight excluding hydrogens is 255 g/mol. The molecule has 5 nitrogen and oxygen atoms in total. The van der Waals surface area contributed by atoms with Crippen LogP contribution in [0.1, 0.15) is 17.4 Å². The molecule has 6 heteroatoms. The van der Waals surface area contributed by atoms with E-state index in [1.165, 1.54) is 0 Å². The van der Waals surface area contributed by atoms with E-state index >= 15 is 0 Å². The zero-order valence-electron chi connectivity index (χ0n) is 11.5. The number of anilines is 1. The molecule has 0 saturated carbocycles. The second kappa shape index (κ2) is 5.84. The average Bonchev–Trinajstić information content (AvgIpc) is 2.81. The summed E-state index contributed by atoms with van der Waals surface area (Å²) < 4.78 is 6.69. The van der Waals surface area contributed by atoms with Crippen LogP contribution < -0.4 is 11.2 Å². The summed E-state index contributed by atoms with van der Waals surface area (Å²) in [5.41, 5.74) is 8.12. The van der Waals surface area contributed by atoms with Crippen LogP contribution in [0.15, 0.2) is 36.5 Å². The Morgan fingerprint density at radius 3 is 2.55 bits per heavy atom. The highest BCUT2D eigenvalue weighted by Gasteiger charge is 2.17. The van der Waals surface area contributed by atoms with E-state index in [4.69, 9.17) is 10.5 Å². The van der Waals surface area contributed by atoms with E-state index in [1.807, 2.05) is 24.3 Å². The van der Waals surface area contributed by atoms with Crippen molar-refractivity contribution in [1.82, 2.24) is 4.57 Å². The summed E-state index contributed by atoms with van der Waals surface area (Å²) in [5.74, 6) is -0.449. The normalized spacial score (nSPS) is 10.3. The molecule has 0 fully saturated rings. The van der Waals surface area contributed by atoms with Gasteiger partial charge < -0.3 is 20.1 Å². The number of nitrogen functional groups attached to an aromatic ring is 1. The minimum absolute atomic E-state index is 0.296. The fourth-order valence-electron chi connectivity index (χ4n) is 1.99. The van der Waals surface area contributed by atoms with Crippen LogP contribution >= 0.6 is 0 Å². The molecule has 2 rings (SSSR count). The Morgan fingerprint density at radius 1 is 1.35 bits per heavy atom. The predicted octanol–water partition coefficient (Wildman–Crippen LogP) is 1.06. The number of nitrogens with two attached hydrogens (primary N) is 1. The van der Waals surface area contributed by atoms with Crippen LogP contribution in [0.25, 0.3) is 5.69 Å². The number of rotatable bonds is 4. The Kier molecular flexibility index (Phi) is 4.15. The highest BCUT2D eigenvalue weighted by molar-refractivity contribution is 6.64. The van der Waals surface area contributed by atoms with Crippen molar-refractivity contribution in [3.05, 3.63) is 42.2 Å². The van der Waals surface area contributed by atoms with Crippen LogP contribution in [0.4, 0.5) is 5.69 Å². The van der Waals surface area contributed by atoms with Gasteiger partial charge in [0.25, 0.3) is 0 Å². The van der Waals surface area contributed by atoms with Crippen molar-refractivity contribution >= 4 is 24.0 Å². The molecule has 0 aliphatic heterocycles. The first kappa shape index (κ1) is 14.2. The van der Waals surface area contributed by atoms with Gasteiger partial charge in [0.05, 0.1) is 12.3 Å². The zero-order chi connectivity index (χ0) is 14.7. The van der Waals surface area contributed by atoms with Gasteiger partial charge in [-0.15, -0.1) is 0 Å². The van der Waals surface area contributed by atoms with Crippen LogP contribution in [0, 0.1) is 0 Å². The minimum atomic E-state index is -0.525. The number of hydrogen-bond donors (Lipinski definition) is 2. The van der Waals surface area contributed by atoms with Gasteiger partial charge in [-0.1, -0.05) is 19.0 Å². The molecule has 1 aromatic heterocycles. The van der Waals surface area contributed by atoms with E-state index in [1.54, 1.807) is 30.6 Å². The lowest BCUT2D eigenvalue weighted by molar-refractivity contribution is 0.0518. The van der Waals surface area contributed by atoms with Crippen LogP contribution in [0.2, 0.25) is 6.82 Å². The molecule has 2 aromatic rings. The molecule has 0 saturated heterocycles. The average molecular weight is 272 g/mol. The third-order valence-corrected chi connectivity index (χ3v) is 3.04. The van der Waals surface area contributed by atoms with Crippen molar-refractivity contribution in [3.8, 4) is 5.69 Å². The number of esters is 1. The molecule has 1 aromatic carbocycles. The van der Waals surface area contributed by atoms with Crippen LogP contribution in [-0.4, -0.2) is 29.1 Å². The Balaban J connectivity index is 2.40. The van der Waals surface area contributed by atoms with Gasteiger partial charge in [0.1, 0.15) is 0 Å². The van der Waals surface area contributed by atoms with E-state index in [2.05, 4.69) is 0 Å². The molecule has 104 valence electrons. The lowest BCUT2D eigenvalue weighted by Crippen LogP contribution is -2.25. The lowest BCUT2D eigenvalue weighted by Gasteiger charge is -2.10. The van der Waals surface area contributed by atoms with Crippen molar-refractivity contribution in [2.24, 2.45) is 0 Å². The molecule has 1 heterocycles. The lowest BCUT2D eigenvalue weighted by atomic mass is 9.64. The second-order valence-electron chi connectivity index (χ2n) is 4.48. The number of benzene rings is 1. The van der Waals surface area contributed by atoms with Gasteiger partial charge >= 0.3 is 12.9 Å². The number of hydrogen-bond acceptors (Lipinski definition) is 4. The largest absolute Gasteiger partial charge is 0.461 e. The molecule has 0 spiro atoms. The van der Waals surface area contributed by atoms with Crippen LogP contribution in [0.5, 0.6) is 0 Å². The molecule has 20 heavy (non-hydrogen) atoms. The van der Waals surface area contributed by atoms with Crippen molar-refractivity contribution in [3.63, 3.8) is 0 Å². The first-order valence-corrected chi connectivity index (χ1v) is 6.47. The van der Waals surface area contributed by atoms with E-state index in [0.717, 1.165) is 11.2 Å². The van der Waals surface area contributed by atoms with Crippen molar-refractivity contribution in [2.75, 3.05) is 12.3 Å². The standard InChI is InChI=1S/C14H17BN2O3/c1-3-20-14(18)13-12(16)8-9-17(13)11-6-4-10(5-7-11)15(2)19/h4-9,19H,3,16H2,1-2H3. The van der Waals surface area contributed by atoms with Crippen LogP contribution in [-0.2, 0) is 4.74 Å². The maximum Gasteiger partial charge on any atom is 0.357 e. The van der Waals surface area contributed by atoms with Gasteiger partial charge in [-0.2, -0.15) is 0 Å². The minimum Gasteiger partial charge on any atom is -0.461 e. The fourth-order valence-corrected chi connectivity index (χ4v) is 1.99. The molecule has 0 aliphatic rings. The Labute approximate surface area is 118 Å². The molecule has 0 aliphatic carbocycles. The predicted molar refractivity (Wildman–Crippen MR) is 79.6 cm³/mol. The van der Waals surface area contributed by atoms with Gasteiger partial charge in [-0.25, -0.2) is 4.79 Å². The molecule has 0 radical (unpaired) electrons. The van der Waals surface area contributed by atoms with E-state index in [-0.39, 0.29) is 0 Å². The molecule has 3 N–H and O–H groups in total. The molecule has 0 amide bonds. The van der Waals surface area contributed by atoms with Gasteiger partial charge in [0.15, 0.2) is 5.69 Å². The highest BCUT2D eigenvalue weighted by atomic mass is 16.5. The SMILES string of the molecule is CCOC(=O)c1c(N)ccn1-c1ccc(B(C)O)cc1. The summed E-state index contributed by atoms with van der Waals surface area (Å²) in [7, 11) is 0. The van der Waals surface area contributed by atoms with Gasteiger partial charge in [-0.3, -0.25) is 0 Å². The quantitative estimate of drug-likeness (QED) is 0.644. The number of nitrogens with zero attached hydrogens (tertiary/aromatic N) is 1. The summed E-state index contributed by atoms with van der Waals surface area (Å²) in [6.07, 6.45) is 1.72. The number of carbonyl (C=O) groups is 1. The molecule has 0 unspecified atom stereocenters. The van der Waals surface area contributed by atoms with Crippen molar-refractivity contribution < 1.29 is 14.6 Å². The first-order valence-electron chi connectivity index (χ1n) is 6.47. The van der Waals surface area contributed by atoms with E-state index in [9.17, 15) is 9.82 Å². The maximum absolute atomic E-state index is 11.9. The smallest absolute Gasteiger partial charge is 0.357 e. The van der Waals surface area contributed by atoms with E-state index in [0.29, 0.717) is 18.0 Å². The number of ether oxygens (including phenoxy) is 1. The van der Waals surface area contributed by atoms with Gasteiger partial charge in [0, 0.05) is 11.9 Å². The van der Waals surface area contributed by atoms with Gasteiger partial charge in [-0.05, 0) is 30.6 Å². The molecule has 0 atom stereocenters. The molecule has 0 bridgehead atoms. The van der Waals surface area contributed by atoms with Crippen molar-refractivity contribution in [2.45, 2.75) is 13.7 Å². The van der Waals surface area contributed by atoms with Crippen molar-refractivity contribution in [1.29, 1.82) is 0 Å². The Morgan fingerprint density at radius 2 is 2.00 bits per heavy atom. The zero-order valence-corrected chi connectivity index (χ0v) is 11.5. The topological polar surface area (TPSA) is 77.5 Å². The van der Waals surface area contributed by atoms with Crippen LogP contribution in [0.3, 0.4) is 0 Å². The summed E-state index contributed by atoms with van der Waals surface area (Å²) in [6.45, 7) is 3.22. The second-order valence-corrected chi connectivity index (χ2v) is 4.48. The Hall–Kier alpha value is -2.21. The van der Waals surface area contributed by atoms with Gasteiger partial charge in [0.2, 0.25) is 0 Å².